The Morgan fingerprint density at radius 1 is 1.31 bits per heavy atom. The van der Waals surface area contributed by atoms with Crippen LogP contribution in [-0.4, -0.2) is 25.5 Å². The molecular formula is C21H20N4O3S. The second-order valence-corrected chi connectivity index (χ2v) is 7.73. The molecule has 0 saturated carbocycles. The number of hydrogen-bond acceptors (Lipinski definition) is 6. The third kappa shape index (κ3) is 3.59. The lowest BCUT2D eigenvalue weighted by Crippen LogP contribution is -2.12. The van der Waals surface area contributed by atoms with Gasteiger partial charge in [0.25, 0.3) is 5.91 Å². The van der Waals surface area contributed by atoms with E-state index in [2.05, 4.69) is 9.97 Å². The Hall–Kier alpha value is -3.23. The largest absolute Gasteiger partial charge is 0.484 e. The molecule has 4 rings (SSSR count). The molecule has 4 aromatic rings. The lowest BCUT2D eigenvalue weighted by Gasteiger charge is -2.16. The number of pyridine rings is 1. The van der Waals surface area contributed by atoms with Crippen molar-refractivity contribution in [3.8, 4) is 10.8 Å². The minimum atomic E-state index is -0.546. The number of fused-ring (bicyclic) bond motifs is 1. The summed E-state index contributed by atoms with van der Waals surface area (Å²) in [6, 6.07) is 11.5. The van der Waals surface area contributed by atoms with Gasteiger partial charge < -0.3 is 15.6 Å². The first-order valence-electron chi connectivity index (χ1n) is 9.07. The Morgan fingerprint density at radius 2 is 2.10 bits per heavy atom. The molecule has 0 spiro atoms. The SMILES string of the molecule is Cc1ccccc1C(C)Oc1cc(-n2cnc3cnc(CO)cc32)sc1C(N)=O. The van der Waals surface area contributed by atoms with Gasteiger partial charge in [0, 0.05) is 6.07 Å². The van der Waals surface area contributed by atoms with Crippen molar-refractivity contribution in [2.45, 2.75) is 26.6 Å². The summed E-state index contributed by atoms with van der Waals surface area (Å²) in [5.74, 6) is -0.109. The van der Waals surface area contributed by atoms with Crippen molar-refractivity contribution in [2.75, 3.05) is 0 Å². The number of imidazole rings is 1. The molecule has 1 amide bonds. The maximum atomic E-state index is 12.0. The van der Waals surface area contributed by atoms with Gasteiger partial charge in [-0.05, 0) is 31.0 Å². The number of aromatic nitrogens is 3. The van der Waals surface area contributed by atoms with Crippen LogP contribution in [0.5, 0.6) is 5.75 Å². The smallest absolute Gasteiger partial charge is 0.262 e. The van der Waals surface area contributed by atoms with Gasteiger partial charge in [-0.1, -0.05) is 24.3 Å². The average molecular weight is 408 g/mol. The van der Waals surface area contributed by atoms with Gasteiger partial charge in [0.05, 0.1) is 24.0 Å². The van der Waals surface area contributed by atoms with Crippen molar-refractivity contribution >= 4 is 28.3 Å². The summed E-state index contributed by atoms with van der Waals surface area (Å²) < 4.78 is 7.96. The van der Waals surface area contributed by atoms with Crippen LogP contribution < -0.4 is 10.5 Å². The quantitative estimate of drug-likeness (QED) is 0.508. The predicted octanol–water partition coefficient (Wildman–Crippen LogP) is 3.52. The number of benzene rings is 1. The van der Waals surface area contributed by atoms with E-state index in [1.54, 1.807) is 24.7 Å². The van der Waals surface area contributed by atoms with Gasteiger partial charge in [-0.2, -0.15) is 0 Å². The maximum absolute atomic E-state index is 12.0. The molecule has 29 heavy (non-hydrogen) atoms. The first kappa shape index (κ1) is 19.1. The molecule has 3 N–H and O–H groups in total. The molecular weight excluding hydrogens is 388 g/mol. The van der Waals surface area contributed by atoms with Crippen LogP contribution >= 0.6 is 11.3 Å². The van der Waals surface area contributed by atoms with Gasteiger partial charge in [-0.25, -0.2) is 4.98 Å². The van der Waals surface area contributed by atoms with Crippen LogP contribution in [0.15, 0.2) is 48.9 Å². The van der Waals surface area contributed by atoms with Crippen molar-refractivity contribution in [1.29, 1.82) is 0 Å². The van der Waals surface area contributed by atoms with E-state index in [4.69, 9.17) is 10.5 Å². The lowest BCUT2D eigenvalue weighted by atomic mass is 10.0. The first-order chi connectivity index (χ1) is 14.0. The standard InChI is InChI=1S/C21H20N4O3S/c1-12-5-3-4-6-15(12)13(2)28-18-8-19(29-20(18)21(22)27)25-11-24-16-9-23-14(10-26)7-17(16)25/h3-9,11,13,26H,10H2,1-2H3,(H2,22,27). The highest BCUT2D eigenvalue weighted by Crippen LogP contribution is 2.36. The Labute approximate surface area is 171 Å². The Kier molecular flexibility index (Phi) is 5.04. The normalized spacial score (nSPS) is 12.2. The number of nitrogens with two attached hydrogens (primary N) is 1. The molecule has 0 aliphatic carbocycles. The minimum absolute atomic E-state index is 0.166. The molecule has 1 aromatic carbocycles. The highest BCUT2D eigenvalue weighted by molar-refractivity contribution is 7.16. The fourth-order valence-corrected chi connectivity index (χ4v) is 4.18. The number of aryl methyl sites for hydroxylation is 1. The third-order valence-corrected chi connectivity index (χ3v) is 5.86. The summed E-state index contributed by atoms with van der Waals surface area (Å²) in [4.78, 5) is 20.9. The zero-order valence-electron chi connectivity index (χ0n) is 16.0. The molecule has 0 radical (unpaired) electrons. The van der Waals surface area contributed by atoms with Crippen molar-refractivity contribution in [3.63, 3.8) is 0 Å². The molecule has 3 aromatic heterocycles. The molecule has 3 heterocycles. The Bertz CT molecular complexity index is 1200. The number of carbonyl (C=O) groups is 1. The van der Waals surface area contributed by atoms with Crippen LogP contribution in [-0.2, 0) is 6.61 Å². The molecule has 148 valence electrons. The summed E-state index contributed by atoms with van der Waals surface area (Å²) in [7, 11) is 0. The first-order valence-corrected chi connectivity index (χ1v) is 9.88. The zero-order valence-corrected chi connectivity index (χ0v) is 16.8. The number of primary amides is 1. The van der Waals surface area contributed by atoms with E-state index >= 15 is 0 Å². The van der Waals surface area contributed by atoms with Crippen LogP contribution in [0.4, 0.5) is 0 Å². The average Bonchev–Trinajstić information content (AvgIpc) is 3.31. The molecule has 0 saturated heterocycles. The lowest BCUT2D eigenvalue weighted by molar-refractivity contribution is 0.0998. The van der Waals surface area contributed by atoms with Crippen molar-refractivity contribution in [1.82, 2.24) is 14.5 Å². The second kappa shape index (κ2) is 7.65. The van der Waals surface area contributed by atoms with Crippen molar-refractivity contribution < 1.29 is 14.6 Å². The van der Waals surface area contributed by atoms with Gasteiger partial charge in [-0.3, -0.25) is 14.3 Å². The molecule has 7 nitrogen and oxygen atoms in total. The monoisotopic (exact) mass is 408 g/mol. The van der Waals surface area contributed by atoms with Crippen LogP contribution in [0.2, 0.25) is 0 Å². The molecule has 8 heteroatoms. The number of rotatable bonds is 6. The van der Waals surface area contributed by atoms with Crippen LogP contribution in [0.3, 0.4) is 0 Å². The summed E-state index contributed by atoms with van der Waals surface area (Å²) in [6.45, 7) is 3.80. The highest BCUT2D eigenvalue weighted by atomic mass is 32.1. The van der Waals surface area contributed by atoms with Gasteiger partial charge in [0.2, 0.25) is 0 Å². The highest BCUT2D eigenvalue weighted by Gasteiger charge is 2.20. The summed E-state index contributed by atoms with van der Waals surface area (Å²) in [5.41, 5.74) is 9.77. The van der Waals surface area contributed by atoms with E-state index in [0.717, 1.165) is 21.6 Å². The summed E-state index contributed by atoms with van der Waals surface area (Å²) in [5, 5.41) is 10.1. The predicted molar refractivity (Wildman–Crippen MR) is 111 cm³/mol. The molecule has 0 fully saturated rings. The van der Waals surface area contributed by atoms with Gasteiger partial charge in [0.1, 0.15) is 33.6 Å². The number of thiophene rings is 1. The fraction of sp³-hybridized carbons (Fsp3) is 0.190. The number of carbonyl (C=O) groups excluding carboxylic acids is 1. The zero-order chi connectivity index (χ0) is 20.5. The van der Waals surface area contributed by atoms with E-state index < -0.39 is 5.91 Å². The van der Waals surface area contributed by atoms with E-state index in [0.29, 0.717) is 21.8 Å². The molecule has 0 bridgehead atoms. The van der Waals surface area contributed by atoms with E-state index in [9.17, 15) is 9.90 Å². The summed E-state index contributed by atoms with van der Waals surface area (Å²) in [6.07, 6.45) is 3.01. The topological polar surface area (TPSA) is 103 Å². The van der Waals surface area contributed by atoms with Crippen molar-refractivity contribution in [3.05, 3.63) is 70.6 Å². The number of hydrogen-bond donors (Lipinski definition) is 2. The van der Waals surface area contributed by atoms with Crippen LogP contribution in [0, 0.1) is 6.92 Å². The molecule has 1 unspecified atom stereocenters. The van der Waals surface area contributed by atoms with Gasteiger partial charge in [-0.15, -0.1) is 11.3 Å². The van der Waals surface area contributed by atoms with Crippen molar-refractivity contribution in [2.24, 2.45) is 5.73 Å². The number of ether oxygens (including phenoxy) is 1. The summed E-state index contributed by atoms with van der Waals surface area (Å²) >= 11 is 1.24. The number of aliphatic hydroxyl groups excluding tert-OH is 1. The van der Waals surface area contributed by atoms with Crippen LogP contribution in [0.25, 0.3) is 16.0 Å². The Balaban J connectivity index is 1.74. The number of nitrogens with zero attached hydrogens (tertiary/aromatic N) is 3. The maximum Gasteiger partial charge on any atom is 0.262 e. The number of amides is 1. The van der Waals surface area contributed by atoms with Gasteiger partial charge >= 0.3 is 0 Å². The molecule has 0 aliphatic rings. The number of aliphatic hydroxyl groups is 1. The fourth-order valence-electron chi connectivity index (χ4n) is 3.25. The van der Waals surface area contributed by atoms with E-state index in [1.165, 1.54) is 11.3 Å². The molecule has 0 aliphatic heterocycles. The van der Waals surface area contributed by atoms with E-state index in [1.807, 2.05) is 42.7 Å². The molecule has 1 atom stereocenters. The minimum Gasteiger partial charge on any atom is -0.484 e. The Morgan fingerprint density at radius 3 is 2.83 bits per heavy atom. The van der Waals surface area contributed by atoms with E-state index in [-0.39, 0.29) is 12.7 Å². The van der Waals surface area contributed by atoms with Crippen LogP contribution in [0.1, 0.15) is 39.5 Å². The van der Waals surface area contributed by atoms with Gasteiger partial charge in [0.15, 0.2) is 0 Å². The second-order valence-electron chi connectivity index (χ2n) is 6.70. The third-order valence-electron chi connectivity index (χ3n) is 4.73.